The van der Waals surface area contributed by atoms with E-state index in [2.05, 4.69) is 5.32 Å². The van der Waals surface area contributed by atoms with Crippen molar-refractivity contribution in [2.24, 2.45) is 5.92 Å². The van der Waals surface area contributed by atoms with Crippen molar-refractivity contribution in [3.05, 3.63) is 59.9 Å². The van der Waals surface area contributed by atoms with Crippen LogP contribution >= 0.6 is 24.2 Å². The van der Waals surface area contributed by atoms with Crippen molar-refractivity contribution < 1.29 is 9.18 Å². The van der Waals surface area contributed by atoms with Gasteiger partial charge in [0.2, 0.25) is 5.91 Å². The van der Waals surface area contributed by atoms with Gasteiger partial charge in [-0.2, -0.15) is 0 Å². The number of hydrogen-bond acceptors (Lipinski definition) is 3. The molecule has 1 unspecified atom stereocenters. The molecule has 2 rings (SSSR count). The minimum Gasteiger partial charge on any atom is -0.399 e. The van der Waals surface area contributed by atoms with E-state index in [4.69, 9.17) is 5.73 Å². The van der Waals surface area contributed by atoms with Gasteiger partial charge in [0.05, 0.1) is 0 Å². The van der Waals surface area contributed by atoms with Gasteiger partial charge in [0.1, 0.15) is 5.82 Å². The lowest BCUT2D eigenvalue weighted by atomic mass is 10.1. The van der Waals surface area contributed by atoms with E-state index < -0.39 is 0 Å². The third kappa shape index (κ3) is 6.81. The quantitative estimate of drug-likeness (QED) is 0.575. The molecular formula is C18H22ClFN2OS. The van der Waals surface area contributed by atoms with Gasteiger partial charge in [0, 0.05) is 28.8 Å². The molecule has 1 atom stereocenters. The second-order valence-electron chi connectivity index (χ2n) is 5.45. The first-order valence-electron chi connectivity index (χ1n) is 7.55. The van der Waals surface area contributed by atoms with E-state index >= 15 is 0 Å². The Morgan fingerprint density at radius 1 is 1.17 bits per heavy atom. The first-order valence-corrected chi connectivity index (χ1v) is 8.53. The highest BCUT2D eigenvalue weighted by molar-refractivity contribution is 7.99. The Kier molecular flexibility index (Phi) is 8.65. The molecular weight excluding hydrogens is 347 g/mol. The fraction of sp³-hybridized carbons (Fsp3) is 0.278. The summed E-state index contributed by atoms with van der Waals surface area (Å²) in [5, 5.41) is 2.95. The summed E-state index contributed by atoms with van der Waals surface area (Å²) in [6.07, 6.45) is 0.782. The van der Waals surface area contributed by atoms with Crippen LogP contribution in [0.25, 0.3) is 0 Å². The average Bonchev–Trinajstić information content (AvgIpc) is 2.55. The van der Waals surface area contributed by atoms with E-state index in [1.165, 1.54) is 12.1 Å². The molecule has 0 aliphatic heterocycles. The first-order chi connectivity index (χ1) is 11.0. The number of thioether (sulfide) groups is 1. The number of carbonyl (C=O) groups excluding carboxylic acids is 1. The van der Waals surface area contributed by atoms with Crippen LogP contribution < -0.4 is 11.1 Å². The number of carbonyl (C=O) groups is 1. The van der Waals surface area contributed by atoms with E-state index in [-0.39, 0.29) is 30.0 Å². The van der Waals surface area contributed by atoms with Crippen molar-refractivity contribution in [3.63, 3.8) is 0 Å². The normalized spacial score (nSPS) is 11.4. The van der Waals surface area contributed by atoms with Crippen LogP contribution in [-0.2, 0) is 11.2 Å². The topological polar surface area (TPSA) is 55.1 Å². The zero-order chi connectivity index (χ0) is 16.7. The molecule has 130 valence electrons. The monoisotopic (exact) mass is 368 g/mol. The number of nitrogens with one attached hydrogen (secondary N) is 1. The molecule has 0 radical (unpaired) electrons. The largest absolute Gasteiger partial charge is 0.399 e. The fourth-order valence-electron chi connectivity index (χ4n) is 2.02. The van der Waals surface area contributed by atoms with Crippen LogP contribution in [0.2, 0.25) is 0 Å². The van der Waals surface area contributed by atoms with Crippen LogP contribution in [0.15, 0.2) is 53.4 Å². The van der Waals surface area contributed by atoms with Crippen molar-refractivity contribution in [2.75, 3.05) is 18.0 Å². The molecule has 6 heteroatoms. The van der Waals surface area contributed by atoms with Crippen molar-refractivity contribution in [2.45, 2.75) is 18.2 Å². The molecule has 2 aromatic carbocycles. The third-order valence-corrected chi connectivity index (χ3v) is 4.73. The van der Waals surface area contributed by atoms with Gasteiger partial charge in [0.25, 0.3) is 0 Å². The first kappa shape index (κ1) is 20.3. The van der Waals surface area contributed by atoms with Crippen LogP contribution in [0.5, 0.6) is 0 Å². The van der Waals surface area contributed by atoms with Gasteiger partial charge >= 0.3 is 0 Å². The maximum Gasteiger partial charge on any atom is 0.223 e. The zero-order valence-electron chi connectivity index (χ0n) is 13.5. The number of nitrogen functional groups attached to an aromatic ring is 1. The number of halogens is 2. The van der Waals surface area contributed by atoms with Crippen LogP contribution in [0.4, 0.5) is 10.1 Å². The molecule has 0 heterocycles. The molecule has 3 N–H and O–H groups in total. The predicted octanol–water partition coefficient (Wildman–Crippen LogP) is 3.92. The molecule has 1 amide bonds. The lowest BCUT2D eigenvalue weighted by Gasteiger charge is -2.12. The number of amides is 1. The molecule has 0 spiro atoms. The van der Waals surface area contributed by atoms with E-state index in [9.17, 15) is 9.18 Å². The maximum atomic E-state index is 12.8. The minimum atomic E-state index is -0.247. The number of nitrogens with two attached hydrogens (primary N) is 1. The molecule has 2 aromatic rings. The molecule has 0 aliphatic rings. The summed E-state index contributed by atoms with van der Waals surface area (Å²) >= 11 is 1.56. The van der Waals surface area contributed by atoms with Crippen molar-refractivity contribution in [1.29, 1.82) is 0 Å². The number of anilines is 1. The smallest absolute Gasteiger partial charge is 0.223 e. The van der Waals surface area contributed by atoms with E-state index in [1.54, 1.807) is 23.9 Å². The number of hydrogen-bond donors (Lipinski definition) is 2. The molecule has 0 saturated carbocycles. The average molecular weight is 369 g/mol. The van der Waals surface area contributed by atoms with E-state index in [0.717, 1.165) is 22.6 Å². The van der Waals surface area contributed by atoms with Gasteiger partial charge in [-0.1, -0.05) is 19.1 Å². The summed E-state index contributed by atoms with van der Waals surface area (Å²) in [6.45, 7) is 2.50. The summed E-state index contributed by atoms with van der Waals surface area (Å²) in [4.78, 5) is 13.0. The second kappa shape index (κ2) is 10.2. The van der Waals surface area contributed by atoms with Crippen molar-refractivity contribution in [1.82, 2.24) is 5.32 Å². The molecule has 0 saturated heterocycles. The zero-order valence-corrected chi connectivity index (χ0v) is 15.1. The van der Waals surface area contributed by atoms with Gasteiger partial charge in [-0.05, 0) is 48.4 Å². The molecule has 0 fully saturated rings. The summed E-state index contributed by atoms with van der Waals surface area (Å²) in [5.41, 5.74) is 7.53. The third-order valence-electron chi connectivity index (χ3n) is 3.45. The van der Waals surface area contributed by atoms with Crippen LogP contribution in [0.1, 0.15) is 12.5 Å². The summed E-state index contributed by atoms with van der Waals surface area (Å²) in [6, 6.07) is 14.0. The molecule has 0 bridgehead atoms. The summed E-state index contributed by atoms with van der Waals surface area (Å²) < 4.78 is 12.8. The Balaban J connectivity index is 0.00000288. The highest BCUT2D eigenvalue weighted by Gasteiger charge is 2.12. The van der Waals surface area contributed by atoms with Crippen LogP contribution in [-0.4, -0.2) is 18.2 Å². The number of benzene rings is 2. The Morgan fingerprint density at radius 3 is 2.42 bits per heavy atom. The lowest BCUT2D eigenvalue weighted by Crippen LogP contribution is -2.31. The van der Waals surface area contributed by atoms with Crippen molar-refractivity contribution >= 4 is 35.8 Å². The van der Waals surface area contributed by atoms with E-state index in [0.29, 0.717) is 12.3 Å². The van der Waals surface area contributed by atoms with Crippen LogP contribution in [0.3, 0.4) is 0 Å². The molecule has 0 aliphatic carbocycles. The highest BCUT2D eigenvalue weighted by atomic mass is 35.5. The van der Waals surface area contributed by atoms with E-state index in [1.807, 2.05) is 31.2 Å². The Labute approximate surface area is 152 Å². The Hall–Kier alpha value is -1.72. The number of rotatable bonds is 7. The summed E-state index contributed by atoms with van der Waals surface area (Å²) in [5.74, 6) is 0.355. The Bertz CT molecular complexity index is 634. The summed E-state index contributed by atoms with van der Waals surface area (Å²) in [7, 11) is 0. The molecule has 24 heavy (non-hydrogen) atoms. The van der Waals surface area contributed by atoms with Crippen molar-refractivity contribution in [3.8, 4) is 0 Å². The Morgan fingerprint density at radius 2 is 1.79 bits per heavy atom. The molecule has 0 aromatic heterocycles. The molecule has 3 nitrogen and oxygen atoms in total. The maximum absolute atomic E-state index is 12.8. The standard InChI is InChI=1S/C18H21FN2OS.ClH/c1-13(12-23-17-8-4-15(19)5-9-17)18(22)21-11-10-14-2-6-16(20)7-3-14;/h2-9,13H,10-12,20H2,1H3,(H,21,22);1H. The predicted molar refractivity (Wildman–Crippen MR) is 101 cm³/mol. The van der Waals surface area contributed by atoms with Gasteiger partial charge < -0.3 is 11.1 Å². The second-order valence-corrected chi connectivity index (χ2v) is 6.54. The highest BCUT2D eigenvalue weighted by Crippen LogP contribution is 2.21. The minimum absolute atomic E-state index is 0. The lowest BCUT2D eigenvalue weighted by molar-refractivity contribution is -0.123. The van der Waals surface area contributed by atoms with Crippen LogP contribution in [0, 0.1) is 11.7 Å². The van der Waals surface area contributed by atoms with Gasteiger partial charge in [-0.25, -0.2) is 4.39 Å². The SMILES string of the molecule is CC(CSc1ccc(F)cc1)C(=O)NCCc1ccc(N)cc1.Cl. The van der Waals surface area contributed by atoms with Gasteiger partial charge in [-0.15, -0.1) is 24.2 Å². The van der Waals surface area contributed by atoms with Gasteiger partial charge in [0.15, 0.2) is 0 Å². The van der Waals surface area contributed by atoms with Gasteiger partial charge in [-0.3, -0.25) is 4.79 Å². The fourth-order valence-corrected chi connectivity index (χ4v) is 2.94.